The maximum Gasteiger partial charge on any atom is 0.0107 e. The molecule has 0 saturated carbocycles. The Bertz CT molecular complexity index is 336. The Morgan fingerprint density at radius 1 is 1.11 bits per heavy atom. The van der Waals surface area contributed by atoms with Crippen LogP contribution in [0, 0.1) is 19.8 Å². The van der Waals surface area contributed by atoms with Crippen molar-refractivity contribution in [1.29, 1.82) is 0 Å². The lowest BCUT2D eigenvalue weighted by Gasteiger charge is -2.21. The van der Waals surface area contributed by atoms with Crippen molar-refractivity contribution < 1.29 is 0 Å². The molecule has 0 aliphatic carbocycles. The second kappa shape index (κ2) is 7.58. The fourth-order valence-corrected chi connectivity index (χ4v) is 2.87. The third-order valence-corrected chi connectivity index (χ3v) is 3.64. The average Bonchev–Trinajstić information content (AvgIpc) is 2.27. The van der Waals surface area contributed by atoms with E-state index in [9.17, 15) is 0 Å². The van der Waals surface area contributed by atoms with Gasteiger partial charge in [-0.05, 0) is 45.2 Å². The molecule has 0 radical (unpaired) electrons. The number of hydrogen-bond donors (Lipinski definition) is 1. The molecule has 2 unspecified atom stereocenters. The molecule has 2 atom stereocenters. The maximum atomic E-state index is 3.48. The lowest BCUT2D eigenvalue weighted by atomic mass is 9.92. The first kappa shape index (κ1) is 15.2. The van der Waals surface area contributed by atoms with E-state index in [0.29, 0.717) is 6.04 Å². The van der Waals surface area contributed by atoms with Crippen molar-refractivity contribution in [2.45, 2.75) is 59.4 Å². The van der Waals surface area contributed by atoms with Crippen LogP contribution in [0.1, 0.15) is 49.8 Å². The zero-order chi connectivity index (χ0) is 13.5. The minimum atomic E-state index is 0.604. The van der Waals surface area contributed by atoms with Crippen LogP contribution in [0.3, 0.4) is 0 Å². The number of rotatable bonds is 7. The van der Waals surface area contributed by atoms with E-state index in [2.05, 4.69) is 58.3 Å². The summed E-state index contributed by atoms with van der Waals surface area (Å²) < 4.78 is 0. The van der Waals surface area contributed by atoms with Gasteiger partial charge in [-0.2, -0.15) is 0 Å². The smallest absolute Gasteiger partial charge is 0.0107 e. The molecule has 0 fully saturated rings. The summed E-state index contributed by atoms with van der Waals surface area (Å²) in [7, 11) is 2.09. The molecule has 0 aliphatic heterocycles. The highest BCUT2D eigenvalue weighted by Crippen LogP contribution is 2.17. The topological polar surface area (TPSA) is 12.0 Å². The SMILES string of the molecule is CCCC(C)CC(Cc1cc(C)cc(C)c1)NC. The zero-order valence-corrected chi connectivity index (χ0v) is 12.7. The van der Waals surface area contributed by atoms with Crippen LogP contribution < -0.4 is 5.32 Å². The fraction of sp³-hybridized carbons (Fsp3) is 0.647. The maximum absolute atomic E-state index is 3.48. The Labute approximate surface area is 113 Å². The molecular weight excluding hydrogens is 218 g/mol. The quantitative estimate of drug-likeness (QED) is 0.759. The Morgan fingerprint density at radius 2 is 1.72 bits per heavy atom. The summed E-state index contributed by atoms with van der Waals surface area (Å²) in [5, 5.41) is 3.48. The van der Waals surface area contributed by atoms with Gasteiger partial charge in [0.05, 0.1) is 0 Å². The van der Waals surface area contributed by atoms with E-state index in [4.69, 9.17) is 0 Å². The molecule has 0 saturated heterocycles. The Kier molecular flexibility index (Phi) is 6.42. The van der Waals surface area contributed by atoms with Gasteiger partial charge < -0.3 is 5.32 Å². The van der Waals surface area contributed by atoms with Gasteiger partial charge in [0.2, 0.25) is 0 Å². The van der Waals surface area contributed by atoms with E-state index in [1.807, 2.05) is 0 Å². The molecule has 1 aromatic carbocycles. The van der Waals surface area contributed by atoms with Gasteiger partial charge in [-0.25, -0.2) is 0 Å². The van der Waals surface area contributed by atoms with Crippen molar-refractivity contribution in [1.82, 2.24) is 5.32 Å². The molecular formula is C17H29N. The summed E-state index contributed by atoms with van der Waals surface area (Å²) in [5.41, 5.74) is 4.22. The summed E-state index contributed by atoms with van der Waals surface area (Å²) in [6, 6.07) is 7.49. The summed E-state index contributed by atoms with van der Waals surface area (Å²) in [6.07, 6.45) is 5.05. The van der Waals surface area contributed by atoms with E-state index in [1.54, 1.807) is 0 Å². The molecule has 0 spiro atoms. The second-order valence-electron chi connectivity index (χ2n) is 5.82. The first-order valence-electron chi connectivity index (χ1n) is 7.29. The van der Waals surface area contributed by atoms with Crippen LogP contribution in [0.15, 0.2) is 18.2 Å². The lowest BCUT2D eigenvalue weighted by molar-refractivity contribution is 0.397. The van der Waals surface area contributed by atoms with Crippen LogP contribution in [0.5, 0.6) is 0 Å². The Morgan fingerprint density at radius 3 is 2.22 bits per heavy atom. The molecule has 1 nitrogen and oxygen atoms in total. The molecule has 0 aliphatic rings. The highest BCUT2D eigenvalue weighted by atomic mass is 14.9. The van der Waals surface area contributed by atoms with Crippen molar-refractivity contribution in [3.63, 3.8) is 0 Å². The van der Waals surface area contributed by atoms with Gasteiger partial charge in [0.15, 0.2) is 0 Å². The van der Waals surface area contributed by atoms with Gasteiger partial charge in [0.25, 0.3) is 0 Å². The highest BCUT2D eigenvalue weighted by Gasteiger charge is 2.12. The number of likely N-dealkylation sites (N-methyl/N-ethyl adjacent to an activating group) is 1. The van der Waals surface area contributed by atoms with Crippen molar-refractivity contribution in [2.75, 3.05) is 7.05 Å². The number of nitrogens with one attached hydrogen (secondary N) is 1. The molecule has 1 heteroatoms. The van der Waals surface area contributed by atoms with Gasteiger partial charge in [0.1, 0.15) is 0 Å². The van der Waals surface area contributed by atoms with Gasteiger partial charge in [-0.1, -0.05) is 56.0 Å². The molecule has 102 valence electrons. The highest BCUT2D eigenvalue weighted by molar-refractivity contribution is 5.29. The Hall–Kier alpha value is -0.820. The lowest BCUT2D eigenvalue weighted by Crippen LogP contribution is -2.29. The largest absolute Gasteiger partial charge is 0.317 e. The zero-order valence-electron chi connectivity index (χ0n) is 12.7. The summed E-state index contributed by atoms with van der Waals surface area (Å²) in [4.78, 5) is 0. The molecule has 18 heavy (non-hydrogen) atoms. The summed E-state index contributed by atoms with van der Waals surface area (Å²) in [6.45, 7) is 9.01. The molecule has 0 aromatic heterocycles. The molecule has 0 bridgehead atoms. The minimum Gasteiger partial charge on any atom is -0.317 e. The third-order valence-electron chi connectivity index (χ3n) is 3.64. The monoisotopic (exact) mass is 247 g/mol. The van der Waals surface area contributed by atoms with Crippen molar-refractivity contribution in [2.24, 2.45) is 5.92 Å². The van der Waals surface area contributed by atoms with Gasteiger partial charge in [0, 0.05) is 6.04 Å². The predicted molar refractivity (Wildman–Crippen MR) is 81.2 cm³/mol. The van der Waals surface area contributed by atoms with Crippen LogP contribution in [-0.4, -0.2) is 13.1 Å². The fourth-order valence-electron chi connectivity index (χ4n) is 2.87. The van der Waals surface area contributed by atoms with Crippen LogP contribution in [0.4, 0.5) is 0 Å². The summed E-state index contributed by atoms with van der Waals surface area (Å²) >= 11 is 0. The van der Waals surface area contributed by atoms with Gasteiger partial charge in [-0.15, -0.1) is 0 Å². The van der Waals surface area contributed by atoms with Crippen LogP contribution in [-0.2, 0) is 6.42 Å². The van der Waals surface area contributed by atoms with E-state index in [1.165, 1.54) is 36.0 Å². The first-order valence-corrected chi connectivity index (χ1v) is 7.29. The minimum absolute atomic E-state index is 0.604. The number of benzene rings is 1. The van der Waals surface area contributed by atoms with E-state index < -0.39 is 0 Å². The average molecular weight is 247 g/mol. The molecule has 0 amide bonds. The predicted octanol–water partition coefficient (Wildman–Crippen LogP) is 4.26. The van der Waals surface area contributed by atoms with Crippen molar-refractivity contribution in [3.05, 3.63) is 34.9 Å². The molecule has 1 aromatic rings. The molecule has 1 rings (SSSR count). The molecule has 1 N–H and O–H groups in total. The number of hydrogen-bond acceptors (Lipinski definition) is 1. The standard InChI is InChI=1S/C17H29N/c1-6-7-13(2)11-17(18-5)12-16-9-14(3)8-15(4)10-16/h8-10,13,17-18H,6-7,11-12H2,1-5H3. The van der Waals surface area contributed by atoms with Gasteiger partial charge in [-0.3, -0.25) is 0 Å². The van der Waals surface area contributed by atoms with Gasteiger partial charge >= 0.3 is 0 Å². The van der Waals surface area contributed by atoms with Crippen molar-refractivity contribution in [3.8, 4) is 0 Å². The van der Waals surface area contributed by atoms with Crippen molar-refractivity contribution >= 4 is 0 Å². The third kappa shape index (κ3) is 5.22. The second-order valence-corrected chi connectivity index (χ2v) is 5.82. The Balaban J connectivity index is 2.61. The summed E-state index contributed by atoms with van der Waals surface area (Å²) in [5.74, 6) is 0.818. The molecule has 0 heterocycles. The van der Waals surface area contributed by atoms with Crippen LogP contribution in [0.25, 0.3) is 0 Å². The van der Waals surface area contributed by atoms with E-state index in [0.717, 1.165) is 12.3 Å². The van der Waals surface area contributed by atoms with Crippen LogP contribution >= 0.6 is 0 Å². The van der Waals surface area contributed by atoms with E-state index in [-0.39, 0.29) is 0 Å². The number of aryl methyl sites for hydroxylation is 2. The first-order chi connectivity index (χ1) is 8.55. The van der Waals surface area contributed by atoms with E-state index >= 15 is 0 Å². The van der Waals surface area contributed by atoms with Crippen LogP contribution in [0.2, 0.25) is 0 Å². The normalized spacial score (nSPS) is 14.5.